The van der Waals surface area contributed by atoms with E-state index in [9.17, 15) is 0 Å². The van der Waals surface area contributed by atoms with Crippen LogP contribution in [0.1, 0.15) is 10.6 Å². The van der Waals surface area contributed by atoms with Crippen LogP contribution in [0.3, 0.4) is 0 Å². The average Bonchev–Trinajstić information content (AvgIpc) is 2.88. The average molecular weight is 303 g/mol. The zero-order valence-corrected chi connectivity index (χ0v) is 12.1. The Bertz CT molecular complexity index is 704. The molecule has 5 heteroatoms. The number of halogens is 1. The lowest BCUT2D eigenvalue weighted by molar-refractivity contribution is 0.132. The van der Waals surface area contributed by atoms with Gasteiger partial charge in [-0.15, -0.1) is 11.3 Å². The van der Waals surface area contributed by atoms with Crippen LogP contribution in [0.2, 0.25) is 5.02 Å². The highest BCUT2D eigenvalue weighted by molar-refractivity contribution is 7.20. The molecule has 0 saturated heterocycles. The molecule has 2 aromatic carbocycles. The lowest BCUT2D eigenvalue weighted by Crippen LogP contribution is -1.87. The maximum absolute atomic E-state index is 5.81. The fourth-order valence-corrected chi connectivity index (χ4v) is 2.68. The van der Waals surface area contributed by atoms with Gasteiger partial charge in [0.1, 0.15) is 17.8 Å². The first-order valence-electron chi connectivity index (χ1n) is 6.06. The molecule has 1 aromatic heterocycles. The first kappa shape index (κ1) is 13.1. The van der Waals surface area contributed by atoms with Gasteiger partial charge in [0.05, 0.1) is 10.2 Å². The Morgan fingerprint density at radius 1 is 1.15 bits per heavy atom. The van der Waals surface area contributed by atoms with Crippen molar-refractivity contribution in [2.75, 3.05) is 0 Å². The summed E-state index contributed by atoms with van der Waals surface area (Å²) < 4.78 is 1.15. The second-order valence-electron chi connectivity index (χ2n) is 4.15. The third-order valence-corrected chi connectivity index (χ3v) is 3.92. The van der Waals surface area contributed by atoms with Crippen molar-refractivity contribution in [3.63, 3.8) is 0 Å². The summed E-state index contributed by atoms with van der Waals surface area (Å²) in [6.45, 7) is 0.415. The van der Waals surface area contributed by atoms with Crippen molar-refractivity contribution in [1.82, 2.24) is 4.98 Å². The molecule has 3 rings (SSSR count). The Labute approximate surface area is 125 Å². The molecule has 0 aliphatic rings. The van der Waals surface area contributed by atoms with Crippen molar-refractivity contribution >= 4 is 39.4 Å². The summed E-state index contributed by atoms with van der Waals surface area (Å²) in [7, 11) is 0. The largest absolute Gasteiger partial charge is 0.391 e. The second-order valence-corrected chi connectivity index (χ2v) is 5.65. The fourth-order valence-electron chi connectivity index (χ4n) is 1.72. The lowest BCUT2D eigenvalue weighted by atomic mass is 10.2. The number of oxime groups is 1. The van der Waals surface area contributed by atoms with E-state index in [1.807, 2.05) is 48.5 Å². The topological polar surface area (TPSA) is 34.5 Å². The van der Waals surface area contributed by atoms with Gasteiger partial charge in [-0.3, -0.25) is 0 Å². The number of thiazole rings is 1. The van der Waals surface area contributed by atoms with Gasteiger partial charge in [-0.1, -0.05) is 41.0 Å². The zero-order chi connectivity index (χ0) is 13.8. The molecule has 0 bridgehead atoms. The van der Waals surface area contributed by atoms with E-state index in [2.05, 4.69) is 10.1 Å². The van der Waals surface area contributed by atoms with Gasteiger partial charge >= 0.3 is 0 Å². The molecule has 20 heavy (non-hydrogen) atoms. The van der Waals surface area contributed by atoms with Crippen LogP contribution in [-0.2, 0) is 11.4 Å². The van der Waals surface area contributed by atoms with Crippen LogP contribution >= 0.6 is 22.9 Å². The van der Waals surface area contributed by atoms with Crippen molar-refractivity contribution < 1.29 is 4.84 Å². The number of rotatable bonds is 4. The summed E-state index contributed by atoms with van der Waals surface area (Å²) in [5, 5.41) is 5.49. The minimum absolute atomic E-state index is 0.415. The normalized spacial score (nSPS) is 11.2. The van der Waals surface area contributed by atoms with Crippen molar-refractivity contribution in [3.8, 4) is 0 Å². The Morgan fingerprint density at radius 3 is 2.75 bits per heavy atom. The highest BCUT2D eigenvalue weighted by atomic mass is 35.5. The quantitative estimate of drug-likeness (QED) is 0.525. The molecule has 0 unspecified atom stereocenters. The van der Waals surface area contributed by atoms with Crippen LogP contribution in [0.25, 0.3) is 10.2 Å². The van der Waals surface area contributed by atoms with Crippen molar-refractivity contribution in [3.05, 3.63) is 64.1 Å². The van der Waals surface area contributed by atoms with Gasteiger partial charge in [0.15, 0.2) is 0 Å². The second kappa shape index (κ2) is 6.03. The first-order valence-corrected chi connectivity index (χ1v) is 7.26. The van der Waals surface area contributed by atoms with Crippen molar-refractivity contribution in [2.24, 2.45) is 5.16 Å². The monoisotopic (exact) mass is 302 g/mol. The van der Waals surface area contributed by atoms with E-state index in [4.69, 9.17) is 16.4 Å². The summed E-state index contributed by atoms with van der Waals surface area (Å²) in [5.74, 6) is 0. The van der Waals surface area contributed by atoms with Crippen LogP contribution in [0.15, 0.2) is 53.7 Å². The highest BCUT2D eigenvalue weighted by Gasteiger charge is 2.00. The predicted octanol–water partition coefficient (Wildman–Crippen LogP) is 4.50. The maximum Gasteiger partial charge on any atom is 0.142 e. The van der Waals surface area contributed by atoms with Gasteiger partial charge in [-0.25, -0.2) is 4.98 Å². The van der Waals surface area contributed by atoms with E-state index in [1.165, 1.54) is 0 Å². The maximum atomic E-state index is 5.81. The van der Waals surface area contributed by atoms with Gasteiger partial charge in [-0.2, -0.15) is 0 Å². The number of para-hydroxylation sites is 1. The van der Waals surface area contributed by atoms with Crippen LogP contribution in [0.4, 0.5) is 0 Å². The van der Waals surface area contributed by atoms with Crippen molar-refractivity contribution in [2.45, 2.75) is 6.61 Å². The van der Waals surface area contributed by atoms with E-state index >= 15 is 0 Å². The van der Waals surface area contributed by atoms with E-state index in [1.54, 1.807) is 17.6 Å². The van der Waals surface area contributed by atoms with Crippen LogP contribution in [0.5, 0.6) is 0 Å². The number of hydrogen-bond acceptors (Lipinski definition) is 4. The van der Waals surface area contributed by atoms with Gasteiger partial charge in [0.25, 0.3) is 0 Å². The fraction of sp³-hybridized carbons (Fsp3) is 0.0667. The third-order valence-electron chi connectivity index (χ3n) is 2.69. The summed E-state index contributed by atoms with van der Waals surface area (Å²) >= 11 is 7.40. The molecule has 0 atom stereocenters. The smallest absolute Gasteiger partial charge is 0.142 e. The molecule has 0 aliphatic heterocycles. The van der Waals surface area contributed by atoms with Gasteiger partial charge < -0.3 is 4.84 Å². The first-order chi connectivity index (χ1) is 9.81. The Morgan fingerprint density at radius 2 is 1.95 bits per heavy atom. The Hall–Kier alpha value is -1.91. The number of fused-ring (bicyclic) bond motifs is 1. The Balaban J connectivity index is 1.61. The molecule has 0 spiro atoms. The number of aromatic nitrogens is 1. The number of benzene rings is 2. The molecule has 0 radical (unpaired) electrons. The number of hydrogen-bond donors (Lipinski definition) is 0. The minimum atomic E-state index is 0.415. The highest BCUT2D eigenvalue weighted by Crippen LogP contribution is 2.20. The molecule has 3 nitrogen and oxygen atoms in total. The molecule has 100 valence electrons. The molecule has 0 fully saturated rings. The summed E-state index contributed by atoms with van der Waals surface area (Å²) in [5.41, 5.74) is 2.01. The lowest BCUT2D eigenvalue weighted by Gasteiger charge is -1.98. The molecule has 3 aromatic rings. The molecular weight excluding hydrogens is 292 g/mol. The van der Waals surface area contributed by atoms with Crippen LogP contribution in [0, 0.1) is 0 Å². The van der Waals surface area contributed by atoms with Gasteiger partial charge in [0.2, 0.25) is 0 Å². The Kier molecular flexibility index (Phi) is 3.95. The van der Waals surface area contributed by atoms with Gasteiger partial charge in [0, 0.05) is 5.02 Å². The van der Waals surface area contributed by atoms with Crippen LogP contribution in [-0.4, -0.2) is 11.2 Å². The van der Waals surface area contributed by atoms with Crippen molar-refractivity contribution in [1.29, 1.82) is 0 Å². The van der Waals surface area contributed by atoms with E-state index in [0.29, 0.717) is 11.6 Å². The zero-order valence-electron chi connectivity index (χ0n) is 10.5. The standard InChI is InChI=1S/C15H11ClN2OS/c16-12-7-5-11(6-8-12)10-19-17-9-15-18-13-3-1-2-4-14(13)20-15/h1-9H,10H2/b17-9-. The predicted molar refractivity (Wildman–Crippen MR) is 83.5 cm³/mol. The van der Waals surface area contributed by atoms with E-state index in [-0.39, 0.29) is 0 Å². The third kappa shape index (κ3) is 3.15. The summed E-state index contributed by atoms with van der Waals surface area (Å²) in [6.07, 6.45) is 1.64. The number of nitrogens with zero attached hydrogens (tertiary/aromatic N) is 2. The van der Waals surface area contributed by atoms with Gasteiger partial charge in [-0.05, 0) is 29.8 Å². The minimum Gasteiger partial charge on any atom is -0.391 e. The van der Waals surface area contributed by atoms with Crippen LogP contribution < -0.4 is 0 Å². The van der Waals surface area contributed by atoms with E-state index < -0.39 is 0 Å². The van der Waals surface area contributed by atoms with E-state index in [0.717, 1.165) is 20.8 Å². The summed E-state index contributed by atoms with van der Waals surface area (Å²) in [6, 6.07) is 15.5. The molecule has 0 aliphatic carbocycles. The molecule has 0 saturated carbocycles. The molecule has 0 amide bonds. The molecule has 0 N–H and O–H groups in total. The molecular formula is C15H11ClN2OS. The SMILES string of the molecule is Clc1ccc(CO/N=C\c2nc3ccccc3s2)cc1. The molecule has 1 heterocycles. The summed E-state index contributed by atoms with van der Waals surface area (Å²) in [4.78, 5) is 9.69.